The summed E-state index contributed by atoms with van der Waals surface area (Å²) in [6.45, 7) is 4.27. The minimum atomic E-state index is -0.247. The standard InChI is InChI=1S/C17H16Cl2N2O2/c1-10-3-5-13(8-14(10)19)20-17(22)21-9-11(2)23-16-6-4-12(18)7-15(16)21/h3-8,11H,9H2,1-2H3,(H,20,22)/t11-/m1/s1. The van der Waals surface area contributed by atoms with Crippen LogP contribution in [0.4, 0.5) is 16.2 Å². The first-order chi connectivity index (χ1) is 10.9. The van der Waals surface area contributed by atoms with Gasteiger partial charge in [0.05, 0.1) is 12.2 Å². The molecule has 6 heteroatoms. The number of nitrogens with one attached hydrogen (secondary N) is 1. The van der Waals surface area contributed by atoms with Crippen molar-refractivity contribution in [3.63, 3.8) is 0 Å². The van der Waals surface area contributed by atoms with Crippen molar-refractivity contribution in [1.82, 2.24) is 0 Å². The van der Waals surface area contributed by atoms with Crippen LogP contribution in [0, 0.1) is 6.92 Å². The van der Waals surface area contributed by atoms with Gasteiger partial charge in [-0.3, -0.25) is 4.90 Å². The van der Waals surface area contributed by atoms with Crippen LogP contribution < -0.4 is 15.0 Å². The van der Waals surface area contributed by atoms with Crippen molar-refractivity contribution in [1.29, 1.82) is 0 Å². The maximum absolute atomic E-state index is 12.7. The Morgan fingerprint density at radius 1 is 1.26 bits per heavy atom. The molecule has 2 aromatic rings. The Morgan fingerprint density at radius 2 is 2.04 bits per heavy atom. The van der Waals surface area contributed by atoms with Crippen molar-refractivity contribution in [3.8, 4) is 5.75 Å². The molecule has 0 saturated carbocycles. The second kappa shape index (κ2) is 6.30. The highest BCUT2D eigenvalue weighted by Crippen LogP contribution is 2.36. The van der Waals surface area contributed by atoms with Crippen molar-refractivity contribution in [2.24, 2.45) is 0 Å². The van der Waals surface area contributed by atoms with Gasteiger partial charge in [-0.05, 0) is 49.7 Å². The van der Waals surface area contributed by atoms with Crippen LogP contribution >= 0.6 is 23.2 Å². The summed E-state index contributed by atoms with van der Waals surface area (Å²) in [4.78, 5) is 14.3. The van der Waals surface area contributed by atoms with Gasteiger partial charge in [0.25, 0.3) is 0 Å². The third kappa shape index (κ3) is 3.38. The number of amides is 2. The lowest BCUT2D eigenvalue weighted by Gasteiger charge is -2.33. The quantitative estimate of drug-likeness (QED) is 0.775. The number of rotatable bonds is 1. The average Bonchev–Trinajstić information content (AvgIpc) is 2.50. The largest absolute Gasteiger partial charge is 0.487 e. The predicted molar refractivity (Wildman–Crippen MR) is 94.1 cm³/mol. The van der Waals surface area contributed by atoms with Crippen LogP contribution in [0.5, 0.6) is 5.75 Å². The van der Waals surface area contributed by atoms with E-state index in [0.29, 0.717) is 33.7 Å². The first-order valence-electron chi connectivity index (χ1n) is 7.25. The molecule has 0 radical (unpaired) electrons. The van der Waals surface area contributed by atoms with Crippen LogP contribution in [0.3, 0.4) is 0 Å². The van der Waals surface area contributed by atoms with E-state index in [1.165, 1.54) is 0 Å². The first-order valence-corrected chi connectivity index (χ1v) is 8.00. The number of benzene rings is 2. The second-order valence-electron chi connectivity index (χ2n) is 5.55. The molecule has 4 nitrogen and oxygen atoms in total. The monoisotopic (exact) mass is 350 g/mol. The fourth-order valence-electron chi connectivity index (χ4n) is 2.46. The van der Waals surface area contributed by atoms with E-state index in [0.717, 1.165) is 5.56 Å². The first kappa shape index (κ1) is 16.0. The van der Waals surface area contributed by atoms with Gasteiger partial charge in [0, 0.05) is 15.7 Å². The molecule has 1 N–H and O–H groups in total. The van der Waals surface area contributed by atoms with Gasteiger partial charge in [-0.25, -0.2) is 4.79 Å². The number of ether oxygens (including phenoxy) is 1. The molecule has 0 saturated heterocycles. The third-order valence-corrected chi connectivity index (χ3v) is 4.29. The molecule has 3 rings (SSSR count). The van der Waals surface area contributed by atoms with Crippen molar-refractivity contribution in [2.45, 2.75) is 20.0 Å². The Kier molecular flexibility index (Phi) is 4.37. The molecule has 1 aliphatic heterocycles. The summed E-state index contributed by atoms with van der Waals surface area (Å²) in [5.41, 5.74) is 2.27. The zero-order chi connectivity index (χ0) is 16.6. The van der Waals surface area contributed by atoms with Crippen LogP contribution in [0.25, 0.3) is 0 Å². The Labute approximate surface area is 144 Å². The number of hydrogen-bond acceptors (Lipinski definition) is 2. The van der Waals surface area contributed by atoms with Gasteiger partial charge >= 0.3 is 6.03 Å². The van der Waals surface area contributed by atoms with Gasteiger partial charge in [-0.1, -0.05) is 29.3 Å². The molecular weight excluding hydrogens is 335 g/mol. The van der Waals surface area contributed by atoms with Crippen LogP contribution in [0.2, 0.25) is 10.0 Å². The lowest BCUT2D eigenvalue weighted by molar-refractivity contribution is 0.208. The van der Waals surface area contributed by atoms with E-state index in [1.807, 2.05) is 26.0 Å². The zero-order valence-electron chi connectivity index (χ0n) is 12.8. The van der Waals surface area contributed by atoms with E-state index in [9.17, 15) is 4.79 Å². The minimum absolute atomic E-state index is 0.101. The van der Waals surface area contributed by atoms with E-state index < -0.39 is 0 Å². The molecule has 0 aromatic heterocycles. The van der Waals surface area contributed by atoms with Crippen LogP contribution in [0.1, 0.15) is 12.5 Å². The molecule has 1 aliphatic rings. The van der Waals surface area contributed by atoms with Crippen molar-refractivity contribution in [2.75, 3.05) is 16.8 Å². The van der Waals surface area contributed by atoms with E-state index in [2.05, 4.69) is 5.32 Å². The van der Waals surface area contributed by atoms with Crippen molar-refractivity contribution >= 4 is 40.6 Å². The van der Waals surface area contributed by atoms with Gasteiger partial charge in [0.2, 0.25) is 0 Å². The van der Waals surface area contributed by atoms with Gasteiger partial charge in [-0.15, -0.1) is 0 Å². The summed E-state index contributed by atoms with van der Waals surface area (Å²) in [5.74, 6) is 0.644. The Hall–Kier alpha value is -1.91. The van der Waals surface area contributed by atoms with E-state index in [1.54, 1.807) is 29.2 Å². The Balaban J connectivity index is 1.87. The van der Waals surface area contributed by atoms with Crippen LogP contribution in [0.15, 0.2) is 36.4 Å². The van der Waals surface area contributed by atoms with Gasteiger partial charge in [-0.2, -0.15) is 0 Å². The summed E-state index contributed by atoms with van der Waals surface area (Å²) in [6.07, 6.45) is -0.101. The average molecular weight is 351 g/mol. The third-order valence-electron chi connectivity index (χ3n) is 3.65. The number of carbonyl (C=O) groups excluding carboxylic acids is 1. The number of urea groups is 1. The number of anilines is 2. The highest BCUT2D eigenvalue weighted by Gasteiger charge is 2.28. The zero-order valence-corrected chi connectivity index (χ0v) is 14.3. The van der Waals surface area contributed by atoms with Crippen LogP contribution in [-0.4, -0.2) is 18.7 Å². The molecular formula is C17H16Cl2N2O2. The molecule has 0 bridgehead atoms. The van der Waals surface area contributed by atoms with Gasteiger partial charge < -0.3 is 10.1 Å². The molecule has 0 unspecified atom stereocenters. The number of hydrogen-bond donors (Lipinski definition) is 1. The molecule has 0 aliphatic carbocycles. The van der Waals surface area contributed by atoms with E-state index >= 15 is 0 Å². The van der Waals surface area contributed by atoms with Crippen LogP contribution in [-0.2, 0) is 0 Å². The van der Waals surface area contributed by atoms with Crippen molar-refractivity contribution < 1.29 is 9.53 Å². The van der Waals surface area contributed by atoms with Gasteiger partial charge in [0.15, 0.2) is 0 Å². The maximum atomic E-state index is 12.7. The Bertz CT molecular complexity index is 764. The number of aryl methyl sites for hydroxylation is 1. The van der Waals surface area contributed by atoms with E-state index in [4.69, 9.17) is 27.9 Å². The molecule has 0 spiro atoms. The minimum Gasteiger partial charge on any atom is -0.487 e. The molecule has 2 amide bonds. The lowest BCUT2D eigenvalue weighted by Crippen LogP contribution is -2.44. The fourth-order valence-corrected chi connectivity index (χ4v) is 2.81. The molecule has 1 atom stereocenters. The number of fused-ring (bicyclic) bond motifs is 1. The summed E-state index contributed by atoms with van der Waals surface area (Å²) in [5, 5.41) is 4.03. The molecule has 1 heterocycles. The Morgan fingerprint density at radius 3 is 2.78 bits per heavy atom. The fraction of sp³-hybridized carbons (Fsp3) is 0.235. The molecule has 120 valence electrons. The predicted octanol–water partition coefficient (Wildman–Crippen LogP) is 5.12. The highest BCUT2D eigenvalue weighted by atomic mass is 35.5. The number of carbonyl (C=O) groups is 1. The summed E-state index contributed by atoms with van der Waals surface area (Å²) in [6, 6.07) is 10.4. The molecule has 0 fully saturated rings. The molecule has 2 aromatic carbocycles. The summed E-state index contributed by atoms with van der Waals surface area (Å²) in [7, 11) is 0. The number of halogens is 2. The highest BCUT2D eigenvalue weighted by molar-refractivity contribution is 6.32. The maximum Gasteiger partial charge on any atom is 0.326 e. The van der Waals surface area contributed by atoms with Crippen molar-refractivity contribution in [3.05, 3.63) is 52.0 Å². The second-order valence-corrected chi connectivity index (χ2v) is 6.39. The van der Waals surface area contributed by atoms with Gasteiger partial charge in [0.1, 0.15) is 11.9 Å². The summed E-state index contributed by atoms with van der Waals surface area (Å²) >= 11 is 12.2. The van der Waals surface area contributed by atoms with E-state index in [-0.39, 0.29) is 12.1 Å². The number of nitrogens with zero attached hydrogens (tertiary/aromatic N) is 1. The molecule has 23 heavy (non-hydrogen) atoms. The normalized spacial score (nSPS) is 16.5. The SMILES string of the molecule is Cc1ccc(NC(=O)N2C[C@@H](C)Oc3ccc(Cl)cc32)cc1Cl. The topological polar surface area (TPSA) is 41.6 Å². The smallest absolute Gasteiger partial charge is 0.326 e. The lowest BCUT2D eigenvalue weighted by atomic mass is 10.2. The summed E-state index contributed by atoms with van der Waals surface area (Å²) < 4.78 is 5.75.